The van der Waals surface area contributed by atoms with E-state index in [0.717, 1.165) is 12.1 Å². The molecular formula is C19H14ClN6NaO5S. The van der Waals surface area contributed by atoms with Crippen molar-refractivity contribution in [2.24, 2.45) is 10.2 Å². The standard InChI is InChI=1S/C19H15ClN6O5S.Na/c1-10-15(9-21)19(26(25-10)13-4-3-5-14(8-13)32(29,30)31)24-23-12-6-16(20)18(28)17(7-12)22-11(2)27;/h3-8,28H,1-2H3,(H,22,27)(H,29,30,31);/q;+1/p-1. The molecule has 3 aromatic rings. The van der Waals surface area contributed by atoms with E-state index in [0.29, 0.717) is 5.69 Å². The molecule has 3 rings (SSSR count). The first-order valence-electron chi connectivity index (χ1n) is 8.79. The van der Waals surface area contributed by atoms with E-state index in [1.807, 2.05) is 6.07 Å². The minimum atomic E-state index is -4.72. The predicted molar refractivity (Wildman–Crippen MR) is 113 cm³/mol. The molecule has 0 saturated carbocycles. The number of hydrogen-bond donors (Lipinski definition) is 2. The number of halogens is 1. The Balaban J connectivity index is 0.00000385. The molecule has 2 aromatic carbocycles. The first-order chi connectivity index (χ1) is 15.0. The SMILES string of the molecule is CC(=O)Nc1cc(N=Nc2c(C#N)c(C)nn2-c2cccc(S(=O)(=O)[O-])c2)cc(Cl)c1O.[Na+]. The minimum Gasteiger partial charge on any atom is -0.744 e. The predicted octanol–water partition coefficient (Wildman–Crippen LogP) is 0.693. The molecule has 1 heterocycles. The molecular weight excluding hydrogens is 483 g/mol. The number of aryl methyl sites for hydroxylation is 1. The molecule has 0 bridgehead atoms. The van der Waals surface area contributed by atoms with Gasteiger partial charge in [-0.2, -0.15) is 10.4 Å². The van der Waals surface area contributed by atoms with E-state index in [2.05, 4.69) is 20.6 Å². The number of rotatable bonds is 5. The Morgan fingerprint density at radius 2 is 2.00 bits per heavy atom. The second kappa shape index (κ2) is 10.4. The Labute approximate surface area is 215 Å². The molecule has 2 N–H and O–H groups in total. The van der Waals surface area contributed by atoms with Crippen molar-refractivity contribution < 1.29 is 52.4 Å². The van der Waals surface area contributed by atoms with Crippen molar-refractivity contribution in [3.8, 4) is 17.5 Å². The average Bonchev–Trinajstić information content (AvgIpc) is 3.04. The van der Waals surface area contributed by atoms with E-state index in [1.54, 1.807) is 6.92 Å². The van der Waals surface area contributed by atoms with Gasteiger partial charge in [0, 0.05) is 6.92 Å². The number of aromatic hydroxyl groups is 1. The van der Waals surface area contributed by atoms with E-state index in [4.69, 9.17) is 11.6 Å². The van der Waals surface area contributed by atoms with E-state index >= 15 is 0 Å². The quantitative estimate of drug-likeness (QED) is 0.226. The van der Waals surface area contributed by atoms with Gasteiger partial charge in [-0.15, -0.1) is 10.2 Å². The Morgan fingerprint density at radius 3 is 2.61 bits per heavy atom. The maximum absolute atomic E-state index is 11.4. The monoisotopic (exact) mass is 496 g/mol. The fraction of sp³-hybridized carbons (Fsp3) is 0.105. The fourth-order valence-corrected chi connectivity index (χ4v) is 3.45. The summed E-state index contributed by atoms with van der Waals surface area (Å²) >= 11 is 5.97. The number of phenols is 1. The molecule has 14 heteroatoms. The number of nitrogens with one attached hydrogen (secondary N) is 1. The zero-order valence-electron chi connectivity index (χ0n) is 17.6. The largest absolute Gasteiger partial charge is 1.00 e. The molecule has 0 unspecified atom stereocenters. The van der Waals surface area contributed by atoms with Crippen LogP contribution in [0.15, 0.2) is 51.5 Å². The summed E-state index contributed by atoms with van der Waals surface area (Å²) in [6, 6.07) is 9.62. The Hall–Kier alpha value is -2.79. The van der Waals surface area contributed by atoms with E-state index in [1.165, 1.54) is 35.9 Å². The topological polar surface area (TPSA) is 173 Å². The number of amides is 1. The average molecular weight is 497 g/mol. The van der Waals surface area contributed by atoms with Crippen molar-refractivity contribution in [1.82, 2.24) is 9.78 Å². The summed E-state index contributed by atoms with van der Waals surface area (Å²) in [6.45, 7) is 2.80. The molecule has 1 aromatic heterocycles. The third kappa shape index (κ3) is 5.97. The van der Waals surface area contributed by atoms with E-state index in [9.17, 15) is 28.1 Å². The van der Waals surface area contributed by atoms with Crippen molar-refractivity contribution in [2.45, 2.75) is 18.7 Å². The third-order valence-electron chi connectivity index (χ3n) is 4.12. The number of nitriles is 1. The van der Waals surface area contributed by atoms with Crippen molar-refractivity contribution in [2.75, 3.05) is 5.32 Å². The number of carbonyl (C=O) groups excluding carboxylic acids is 1. The van der Waals surface area contributed by atoms with Crippen molar-refractivity contribution >= 4 is 44.8 Å². The van der Waals surface area contributed by atoms with Crippen LogP contribution < -0.4 is 34.9 Å². The zero-order chi connectivity index (χ0) is 23.6. The van der Waals surface area contributed by atoms with Crippen LogP contribution in [-0.2, 0) is 14.9 Å². The summed E-state index contributed by atoms with van der Waals surface area (Å²) < 4.78 is 35.3. The smallest absolute Gasteiger partial charge is 0.744 e. The van der Waals surface area contributed by atoms with Crippen LogP contribution in [0.2, 0.25) is 5.02 Å². The molecule has 33 heavy (non-hydrogen) atoms. The molecule has 164 valence electrons. The molecule has 0 aliphatic carbocycles. The van der Waals surface area contributed by atoms with Gasteiger partial charge in [-0.1, -0.05) is 17.7 Å². The molecule has 11 nitrogen and oxygen atoms in total. The first-order valence-corrected chi connectivity index (χ1v) is 10.6. The number of hydrogen-bond acceptors (Lipinski definition) is 9. The number of anilines is 1. The van der Waals surface area contributed by atoms with Gasteiger partial charge in [-0.3, -0.25) is 4.79 Å². The second-order valence-corrected chi connectivity index (χ2v) is 8.25. The van der Waals surface area contributed by atoms with Gasteiger partial charge < -0.3 is 15.0 Å². The van der Waals surface area contributed by atoms with Crippen molar-refractivity contribution in [3.63, 3.8) is 0 Å². The molecule has 0 radical (unpaired) electrons. The van der Waals surface area contributed by atoms with Gasteiger partial charge in [0.1, 0.15) is 21.8 Å². The number of aromatic nitrogens is 2. The number of azo groups is 1. The third-order valence-corrected chi connectivity index (χ3v) is 5.24. The minimum absolute atomic E-state index is 0. The van der Waals surface area contributed by atoms with E-state index in [-0.39, 0.29) is 68.8 Å². The maximum atomic E-state index is 11.4. The Bertz CT molecular complexity index is 1410. The Kier molecular flexibility index (Phi) is 8.36. The molecule has 0 atom stereocenters. The van der Waals surface area contributed by atoms with Gasteiger partial charge >= 0.3 is 29.6 Å². The Morgan fingerprint density at radius 1 is 1.30 bits per heavy atom. The second-order valence-electron chi connectivity index (χ2n) is 6.46. The normalized spacial score (nSPS) is 11.1. The van der Waals surface area contributed by atoms with E-state index < -0.39 is 20.9 Å². The van der Waals surface area contributed by atoms with Gasteiger partial charge in [0.25, 0.3) is 0 Å². The van der Waals surface area contributed by atoms with Gasteiger partial charge in [0.05, 0.1) is 32.7 Å². The van der Waals surface area contributed by atoms with Crippen LogP contribution in [0.5, 0.6) is 5.75 Å². The summed E-state index contributed by atoms with van der Waals surface area (Å²) in [5, 5.41) is 34.1. The summed E-state index contributed by atoms with van der Waals surface area (Å²) in [4.78, 5) is 10.8. The summed E-state index contributed by atoms with van der Waals surface area (Å²) in [5.41, 5.74) is 0.679. The molecule has 0 saturated heterocycles. The number of phenolic OH excluding ortho intramolecular Hbond substituents is 1. The van der Waals surface area contributed by atoms with Crippen molar-refractivity contribution in [1.29, 1.82) is 5.26 Å². The first kappa shape index (κ1) is 26.5. The maximum Gasteiger partial charge on any atom is 1.00 e. The summed E-state index contributed by atoms with van der Waals surface area (Å²) in [5.74, 6) is -0.829. The van der Waals surface area contributed by atoms with Gasteiger partial charge in [0.2, 0.25) is 5.91 Å². The van der Waals surface area contributed by atoms with Crippen molar-refractivity contribution in [3.05, 3.63) is 52.7 Å². The number of carbonyl (C=O) groups is 1. The molecule has 0 aliphatic rings. The summed E-state index contributed by atoms with van der Waals surface area (Å²) in [7, 11) is -4.72. The fourth-order valence-electron chi connectivity index (χ4n) is 2.72. The van der Waals surface area contributed by atoms with Crippen LogP contribution in [0, 0.1) is 18.3 Å². The summed E-state index contributed by atoms with van der Waals surface area (Å²) in [6.07, 6.45) is 0. The van der Waals surface area contributed by atoms with Crippen LogP contribution in [0.3, 0.4) is 0 Å². The zero-order valence-corrected chi connectivity index (χ0v) is 21.1. The van der Waals surface area contributed by atoms with Crippen LogP contribution in [0.4, 0.5) is 17.2 Å². The van der Waals surface area contributed by atoms with Crippen LogP contribution in [-0.4, -0.2) is 33.8 Å². The van der Waals surface area contributed by atoms with Crippen LogP contribution >= 0.6 is 11.6 Å². The van der Waals surface area contributed by atoms with Crippen LogP contribution in [0.25, 0.3) is 5.69 Å². The molecule has 0 fully saturated rings. The number of benzene rings is 2. The number of nitrogens with zero attached hydrogens (tertiary/aromatic N) is 5. The van der Waals surface area contributed by atoms with Gasteiger partial charge in [-0.25, -0.2) is 13.1 Å². The molecule has 0 spiro atoms. The van der Waals surface area contributed by atoms with Gasteiger partial charge in [0.15, 0.2) is 11.6 Å². The molecule has 1 amide bonds. The van der Waals surface area contributed by atoms with Crippen LogP contribution in [0.1, 0.15) is 18.2 Å². The molecule has 0 aliphatic heterocycles. The van der Waals surface area contributed by atoms with Gasteiger partial charge in [-0.05, 0) is 37.3 Å².